The number of ether oxygens (including phenoxy) is 1. The van der Waals surface area contributed by atoms with Gasteiger partial charge in [-0.2, -0.15) is 11.8 Å². The molecule has 4 heteroatoms. The maximum atomic E-state index is 11.5. The normalized spacial score (nSPS) is 11.9. The molecule has 0 aliphatic rings. The number of rotatable bonds is 5. The highest BCUT2D eigenvalue weighted by Crippen LogP contribution is 2.09. The Labute approximate surface area is 101 Å². The first-order chi connectivity index (χ1) is 7.76. The van der Waals surface area contributed by atoms with E-state index in [4.69, 9.17) is 4.74 Å². The first kappa shape index (κ1) is 12.9. The van der Waals surface area contributed by atoms with E-state index in [0.717, 1.165) is 12.2 Å². The van der Waals surface area contributed by atoms with Gasteiger partial charge in [0, 0.05) is 11.8 Å². The minimum atomic E-state index is -0.382. The average molecular weight is 239 g/mol. The molecular formula is C12H17NO2S. The summed E-state index contributed by atoms with van der Waals surface area (Å²) in [6.45, 7) is 2.05. The molecule has 1 amide bonds. The zero-order chi connectivity index (χ0) is 11.8. The van der Waals surface area contributed by atoms with Gasteiger partial charge >= 0.3 is 6.09 Å². The molecule has 1 aromatic carbocycles. The fourth-order valence-electron chi connectivity index (χ4n) is 1.25. The molecule has 0 bridgehead atoms. The Morgan fingerprint density at radius 3 is 2.69 bits per heavy atom. The minimum absolute atomic E-state index is 0.172. The van der Waals surface area contributed by atoms with E-state index in [-0.39, 0.29) is 12.1 Å². The second-order valence-electron chi connectivity index (χ2n) is 3.41. The predicted octanol–water partition coefficient (Wildman–Crippen LogP) is 2.92. The summed E-state index contributed by atoms with van der Waals surface area (Å²) in [5.74, 6) is 1.47. The second kappa shape index (κ2) is 7.17. The molecule has 0 fully saturated rings. The molecule has 0 aromatic heterocycles. The maximum Gasteiger partial charge on any atom is 0.412 e. The van der Waals surface area contributed by atoms with Crippen LogP contribution in [0.25, 0.3) is 0 Å². The van der Waals surface area contributed by atoms with E-state index < -0.39 is 0 Å². The lowest BCUT2D eigenvalue weighted by molar-refractivity contribution is 0.197. The van der Waals surface area contributed by atoms with Crippen LogP contribution >= 0.6 is 11.8 Å². The van der Waals surface area contributed by atoms with Gasteiger partial charge in [0.05, 0.1) is 0 Å². The van der Waals surface area contributed by atoms with E-state index >= 15 is 0 Å². The molecule has 88 valence electrons. The summed E-state index contributed by atoms with van der Waals surface area (Å²) in [5, 5.41) is 2.83. The molecule has 1 atom stereocenters. The van der Waals surface area contributed by atoms with Crippen LogP contribution in [0.4, 0.5) is 4.79 Å². The minimum Gasteiger partial charge on any atom is -0.410 e. The lowest BCUT2D eigenvalue weighted by atomic mass is 10.3. The van der Waals surface area contributed by atoms with Gasteiger partial charge in [-0.25, -0.2) is 4.79 Å². The molecule has 1 N–H and O–H groups in total. The quantitative estimate of drug-likeness (QED) is 0.858. The van der Waals surface area contributed by atoms with Crippen molar-refractivity contribution < 1.29 is 9.53 Å². The monoisotopic (exact) mass is 239 g/mol. The molecule has 1 aromatic rings. The lowest BCUT2D eigenvalue weighted by Crippen LogP contribution is -2.38. The van der Waals surface area contributed by atoms with Crippen LogP contribution < -0.4 is 10.1 Å². The largest absolute Gasteiger partial charge is 0.412 e. The Bertz CT molecular complexity index is 316. The fourth-order valence-corrected chi connectivity index (χ4v) is 1.98. The van der Waals surface area contributed by atoms with Crippen molar-refractivity contribution in [3.05, 3.63) is 30.3 Å². The van der Waals surface area contributed by atoms with Crippen LogP contribution in [-0.4, -0.2) is 24.1 Å². The molecule has 0 aliphatic carbocycles. The van der Waals surface area contributed by atoms with Gasteiger partial charge in [-0.3, -0.25) is 0 Å². The van der Waals surface area contributed by atoms with Crippen LogP contribution in [0, 0.1) is 0 Å². The van der Waals surface area contributed by atoms with E-state index in [1.165, 1.54) is 0 Å². The van der Waals surface area contributed by atoms with Crippen LogP contribution in [0.1, 0.15) is 13.3 Å². The summed E-state index contributed by atoms with van der Waals surface area (Å²) in [4.78, 5) is 11.5. The first-order valence-corrected chi connectivity index (χ1v) is 6.68. The third-order valence-corrected chi connectivity index (χ3v) is 2.87. The van der Waals surface area contributed by atoms with Crippen molar-refractivity contribution in [3.63, 3.8) is 0 Å². The van der Waals surface area contributed by atoms with Crippen molar-refractivity contribution in [2.75, 3.05) is 12.0 Å². The fraction of sp³-hybridized carbons (Fsp3) is 0.417. The summed E-state index contributed by atoms with van der Waals surface area (Å²) in [6, 6.07) is 9.24. The van der Waals surface area contributed by atoms with Crippen molar-refractivity contribution in [2.24, 2.45) is 0 Å². The van der Waals surface area contributed by atoms with Crippen molar-refractivity contribution >= 4 is 17.9 Å². The zero-order valence-corrected chi connectivity index (χ0v) is 10.4. The van der Waals surface area contributed by atoms with Gasteiger partial charge < -0.3 is 10.1 Å². The third kappa shape index (κ3) is 4.57. The van der Waals surface area contributed by atoms with Crippen LogP contribution in [0.5, 0.6) is 5.75 Å². The van der Waals surface area contributed by atoms with Crippen molar-refractivity contribution in [3.8, 4) is 5.75 Å². The maximum absolute atomic E-state index is 11.5. The standard InChI is InChI=1S/C12H17NO2S/c1-3-10(9-16-2)13-12(14)15-11-7-5-4-6-8-11/h4-8,10H,3,9H2,1-2H3,(H,13,14). The highest BCUT2D eigenvalue weighted by atomic mass is 32.2. The van der Waals surface area contributed by atoms with Crippen molar-refractivity contribution in [1.82, 2.24) is 5.32 Å². The Morgan fingerprint density at radius 1 is 1.44 bits per heavy atom. The molecule has 0 spiro atoms. The number of carbonyl (C=O) groups is 1. The Hall–Kier alpha value is -1.16. The Morgan fingerprint density at radius 2 is 2.12 bits per heavy atom. The molecular weight excluding hydrogens is 222 g/mol. The van der Waals surface area contributed by atoms with Gasteiger partial charge in [0.2, 0.25) is 0 Å². The number of benzene rings is 1. The van der Waals surface area contributed by atoms with Gasteiger partial charge in [-0.1, -0.05) is 25.1 Å². The number of nitrogens with one attached hydrogen (secondary N) is 1. The van der Waals surface area contributed by atoms with Crippen LogP contribution in [0.2, 0.25) is 0 Å². The van der Waals surface area contributed by atoms with Crippen molar-refractivity contribution in [2.45, 2.75) is 19.4 Å². The molecule has 0 heterocycles. The van der Waals surface area contributed by atoms with E-state index in [1.807, 2.05) is 31.4 Å². The predicted molar refractivity (Wildman–Crippen MR) is 68.1 cm³/mol. The van der Waals surface area contributed by atoms with Crippen LogP contribution in [-0.2, 0) is 0 Å². The Balaban J connectivity index is 2.41. The summed E-state index contributed by atoms with van der Waals surface area (Å²) < 4.78 is 5.13. The third-order valence-electron chi connectivity index (χ3n) is 2.14. The topological polar surface area (TPSA) is 38.3 Å². The number of hydrogen-bond donors (Lipinski definition) is 1. The number of carbonyl (C=O) groups excluding carboxylic acids is 1. The average Bonchev–Trinajstić information content (AvgIpc) is 2.29. The lowest BCUT2D eigenvalue weighted by Gasteiger charge is -2.15. The van der Waals surface area contributed by atoms with Gasteiger partial charge in [0.15, 0.2) is 0 Å². The van der Waals surface area contributed by atoms with Crippen LogP contribution in [0.15, 0.2) is 30.3 Å². The van der Waals surface area contributed by atoms with E-state index in [9.17, 15) is 4.79 Å². The van der Waals surface area contributed by atoms with Gasteiger partial charge in [0.25, 0.3) is 0 Å². The van der Waals surface area contributed by atoms with E-state index in [0.29, 0.717) is 5.75 Å². The second-order valence-corrected chi connectivity index (χ2v) is 4.32. The van der Waals surface area contributed by atoms with E-state index in [1.54, 1.807) is 23.9 Å². The molecule has 0 radical (unpaired) electrons. The highest BCUT2D eigenvalue weighted by Gasteiger charge is 2.10. The number of para-hydroxylation sites is 1. The summed E-state index contributed by atoms with van der Waals surface area (Å²) in [5.41, 5.74) is 0. The molecule has 16 heavy (non-hydrogen) atoms. The van der Waals surface area contributed by atoms with Gasteiger partial charge in [0.1, 0.15) is 5.75 Å². The molecule has 3 nitrogen and oxygen atoms in total. The number of amides is 1. The van der Waals surface area contributed by atoms with Crippen LogP contribution in [0.3, 0.4) is 0 Å². The molecule has 0 saturated carbocycles. The smallest absolute Gasteiger partial charge is 0.410 e. The number of thioether (sulfide) groups is 1. The SMILES string of the molecule is CCC(CSC)NC(=O)Oc1ccccc1. The molecule has 1 rings (SSSR count). The number of hydrogen-bond acceptors (Lipinski definition) is 3. The Kier molecular flexibility index (Phi) is 5.78. The summed E-state index contributed by atoms with van der Waals surface area (Å²) in [6.07, 6.45) is 2.55. The molecule has 0 aliphatic heterocycles. The summed E-state index contributed by atoms with van der Waals surface area (Å²) in [7, 11) is 0. The first-order valence-electron chi connectivity index (χ1n) is 5.28. The van der Waals surface area contributed by atoms with Gasteiger partial charge in [-0.05, 0) is 24.8 Å². The van der Waals surface area contributed by atoms with E-state index in [2.05, 4.69) is 5.32 Å². The molecule has 0 saturated heterocycles. The van der Waals surface area contributed by atoms with Crippen molar-refractivity contribution in [1.29, 1.82) is 0 Å². The molecule has 1 unspecified atom stereocenters. The highest BCUT2D eigenvalue weighted by molar-refractivity contribution is 7.98. The summed E-state index contributed by atoms with van der Waals surface area (Å²) >= 11 is 1.71. The zero-order valence-electron chi connectivity index (χ0n) is 9.60. The van der Waals surface area contributed by atoms with Gasteiger partial charge in [-0.15, -0.1) is 0 Å².